The number of rotatable bonds is 2. The predicted molar refractivity (Wildman–Crippen MR) is 64.9 cm³/mol. The summed E-state index contributed by atoms with van der Waals surface area (Å²) in [5.41, 5.74) is 0.999. The molecule has 1 fully saturated rings. The summed E-state index contributed by atoms with van der Waals surface area (Å²) in [6.07, 6.45) is 4.01. The summed E-state index contributed by atoms with van der Waals surface area (Å²) in [6.45, 7) is 1.13. The van der Waals surface area contributed by atoms with Gasteiger partial charge in [0.05, 0.1) is 29.1 Å². The van der Waals surface area contributed by atoms with Crippen LogP contribution in [0.25, 0.3) is 10.2 Å². The lowest BCUT2D eigenvalue weighted by Gasteiger charge is -2.22. The second kappa shape index (κ2) is 3.99. The summed E-state index contributed by atoms with van der Waals surface area (Å²) < 4.78 is 1.11. The third-order valence-electron chi connectivity index (χ3n) is 3.04. The second-order valence-corrected chi connectivity index (χ2v) is 4.96. The first-order valence-corrected chi connectivity index (χ1v) is 6.34. The van der Waals surface area contributed by atoms with Gasteiger partial charge in [0.15, 0.2) is 0 Å². The van der Waals surface area contributed by atoms with Gasteiger partial charge >= 0.3 is 0 Å². The van der Waals surface area contributed by atoms with Gasteiger partial charge in [0.25, 0.3) is 0 Å². The van der Waals surface area contributed by atoms with Gasteiger partial charge in [-0.15, -0.1) is 11.3 Å². The zero-order valence-corrected chi connectivity index (χ0v) is 9.65. The number of aliphatic hydroxyl groups excluding tert-OH is 1. The molecular formula is C11H13N3OS. The molecule has 1 atom stereocenters. The number of aliphatic hydroxyl groups is 1. The van der Waals surface area contributed by atoms with E-state index in [2.05, 4.69) is 14.9 Å². The van der Waals surface area contributed by atoms with Gasteiger partial charge in [-0.2, -0.15) is 0 Å². The molecule has 0 amide bonds. The average molecular weight is 235 g/mol. The predicted octanol–water partition coefficient (Wildman–Crippen LogP) is 1.65. The maximum Gasteiger partial charge on any atom is 0.226 e. The molecule has 0 unspecified atom stereocenters. The molecular weight excluding hydrogens is 222 g/mol. The van der Waals surface area contributed by atoms with E-state index in [-0.39, 0.29) is 12.6 Å². The maximum atomic E-state index is 9.28. The molecule has 0 radical (unpaired) electrons. The molecule has 4 nitrogen and oxygen atoms in total. The number of anilines is 1. The van der Waals surface area contributed by atoms with Gasteiger partial charge in [-0.25, -0.2) is 9.97 Å². The molecule has 1 saturated heterocycles. The van der Waals surface area contributed by atoms with Crippen LogP contribution in [0.5, 0.6) is 0 Å². The number of aromatic nitrogens is 2. The van der Waals surface area contributed by atoms with Crippen molar-refractivity contribution in [3.63, 3.8) is 0 Å². The maximum absolute atomic E-state index is 9.28. The highest BCUT2D eigenvalue weighted by molar-refractivity contribution is 7.17. The fourth-order valence-corrected chi connectivity index (χ4v) is 2.87. The molecule has 3 rings (SSSR count). The van der Waals surface area contributed by atoms with E-state index in [1.165, 1.54) is 0 Å². The van der Waals surface area contributed by atoms with Crippen molar-refractivity contribution in [1.29, 1.82) is 0 Å². The summed E-state index contributed by atoms with van der Waals surface area (Å²) in [5, 5.41) is 11.3. The molecule has 2 aromatic rings. The summed E-state index contributed by atoms with van der Waals surface area (Å²) in [6, 6.07) is 2.20. The van der Waals surface area contributed by atoms with Crippen LogP contribution in [-0.4, -0.2) is 34.3 Å². The van der Waals surface area contributed by atoms with Crippen LogP contribution in [0.4, 0.5) is 5.95 Å². The normalized spacial score (nSPS) is 20.8. The van der Waals surface area contributed by atoms with Crippen molar-refractivity contribution in [1.82, 2.24) is 9.97 Å². The molecule has 0 saturated carbocycles. The Hall–Kier alpha value is -1.20. The van der Waals surface area contributed by atoms with Gasteiger partial charge in [-0.3, -0.25) is 0 Å². The van der Waals surface area contributed by atoms with Gasteiger partial charge in [-0.1, -0.05) is 0 Å². The Balaban J connectivity index is 1.98. The van der Waals surface area contributed by atoms with Crippen LogP contribution < -0.4 is 4.90 Å². The van der Waals surface area contributed by atoms with Crippen molar-refractivity contribution in [3.8, 4) is 0 Å². The van der Waals surface area contributed by atoms with Crippen molar-refractivity contribution < 1.29 is 5.11 Å². The Bertz CT molecular complexity index is 499. The van der Waals surface area contributed by atoms with E-state index in [4.69, 9.17) is 0 Å². The minimum Gasteiger partial charge on any atom is -0.394 e. The molecule has 5 heteroatoms. The Morgan fingerprint density at radius 3 is 3.38 bits per heavy atom. The third-order valence-corrected chi connectivity index (χ3v) is 3.88. The van der Waals surface area contributed by atoms with Gasteiger partial charge < -0.3 is 10.0 Å². The standard InChI is InChI=1S/C11H13N3OS/c15-7-8-2-1-4-14(8)11-12-6-10-9(13-11)3-5-16-10/h3,5-6,8,15H,1-2,4,7H2/t8-/m0/s1. The Kier molecular flexibility index (Phi) is 2.49. The third kappa shape index (κ3) is 1.56. The van der Waals surface area contributed by atoms with E-state index in [1.807, 2.05) is 17.6 Å². The minimum atomic E-state index is 0.186. The van der Waals surface area contributed by atoms with Gasteiger partial charge in [0.1, 0.15) is 0 Å². The summed E-state index contributed by atoms with van der Waals surface area (Å²) in [5.74, 6) is 0.752. The Labute approximate surface area is 97.6 Å². The van der Waals surface area contributed by atoms with Crippen LogP contribution in [-0.2, 0) is 0 Å². The topological polar surface area (TPSA) is 49.2 Å². The van der Waals surface area contributed by atoms with E-state index in [9.17, 15) is 5.11 Å². The first-order valence-electron chi connectivity index (χ1n) is 5.46. The molecule has 0 bridgehead atoms. The van der Waals surface area contributed by atoms with Crippen molar-refractivity contribution >= 4 is 27.5 Å². The van der Waals surface area contributed by atoms with Crippen LogP contribution >= 0.6 is 11.3 Å². The number of nitrogens with zero attached hydrogens (tertiary/aromatic N) is 3. The highest BCUT2D eigenvalue weighted by Gasteiger charge is 2.25. The molecule has 1 aliphatic rings. The summed E-state index contributed by atoms with van der Waals surface area (Å²) in [7, 11) is 0. The number of hydrogen-bond acceptors (Lipinski definition) is 5. The van der Waals surface area contributed by atoms with E-state index in [1.54, 1.807) is 11.3 Å². The Morgan fingerprint density at radius 1 is 1.56 bits per heavy atom. The fraction of sp³-hybridized carbons (Fsp3) is 0.455. The SMILES string of the molecule is OC[C@@H]1CCCN1c1ncc2sccc2n1. The van der Waals surface area contributed by atoms with E-state index < -0.39 is 0 Å². The largest absolute Gasteiger partial charge is 0.394 e. The molecule has 3 heterocycles. The quantitative estimate of drug-likeness (QED) is 0.860. The van der Waals surface area contributed by atoms with E-state index >= 15 is 0 Å². The average Bonchev–Trinajstić information content (AvgIpc) is 2.96. The van der Waals surface area contributed by atoms with E-state index in [0.717, 1.165) is 35.6 Å². The van der Waals surface area contributed by atoms with Crippen LogP contribution in [0.1, 0.15) is 12.8 Å². The molecule has 16 heavy (non-hydrogen) atoms. The summed E-state index contributed by atoms with van der Waals surface area (Å²) in [4.78, 5) is 11.0. The molecule has 1 aliphatic heterocycles. The molecule has 0 aromatic carbocycles. The van der Waals surface area contributed by atoms with Crippen LogP contribution in [0, 0.1) is 0 Å². The lowest BCUT2D eigenvalue weighted by molar-refractivity contribution is 0.265. The van der Waals surface area contributed by atoms with Crippen LogP contribution in [0.3, 0.4) is 0 Å². The highest BCUT2D eigenvalue weighted by Crippen LogP contribution is 2.25. The smallest absolute Gasteiger partial charge is 0.226 e. The zero-order valence-electron chi connectivity index (χ0n) is 8.83. The molecule has 2 aromatic heterocycles. The monoisotopic (exact) mass is 235 g/mol. The van der Waals surface area contributed by atoms with E-state index in [0.29, 0.717) is 0 Å². The van der Waals surface area contributed by atoms with Gasteiger partial charge in [0, 0.05) is 6.54 Å². The van der Waals surface area contributed by atoms with Crippen LogP contribution in [0.2, 0.25) is 0 Å². The second-order valence-electron chi connectivity index (χ2n) is 4.01. The molecule has 1 N–H and O–H groups in total. The van der Waals surface area contributed by atoms with Crippen molar-refractivity contribution in [2.45, 2.75) is 18.9 Å². The van der Waals surface area contributed by atoms with Crippen LogP contribution in [0.15, 0.2) is 17.6 Å². The zero-order chi connectivity index (χ0) is 11.0. The number of hydrogen-bond donors (Lipinski definition) is 1. The van der Waals surface area contributed by atoms with Gasteiger partial charge in [-0.05, 0) is 24.3 Å². The van der Waals surface area contributed by atoms with Crippen molar-refractivity contribution in [2.75, 3.05) is 18.1 Å². The first-order chi connectivity index (χ1) is 7.88. The fourth-order valence-electron chi connectivity index (χ4n) is 2.18. The lowest BCUT2D eigenvalue weighted by atomic mass is 10.2. The summed E-state index contributed by atoms with van der Waals surface area (Å²) >= 11 is 1.65. The molecule has 84 valence electrons. The highest BCUT2D eigenvalue weighted by atomic mass is 32.1. The minimum absolute atomic E-state index is 0.186. The Morgan fingerprint density at radius 2 is 2.50 bits per heavy atom. The number of thiophene rings is 1. The van der Waals surface area contributed by atoms with Crippen molar-refractivity contribution in [3.05, 3.63) is 17.6 Å². The molecule has 0 aliphatic carbocycles. The molecule has 0 spiro atoms. The lowest BCUT2D eigenvalue weighted by Crippen LogP contribution is -2.33. The van der Waals surface area contributed by atoms with Gasteiger partial charge in [0.2, 0.25) is 5.95 Å². The number of fused-ring (bicyclic) bond motifs is 1. The van der Waals surface area contributed by atoms with Crippen molar-refractivity contribution in [2.24, 2.45) is 0 Å². The first kappa shape index (κ1) is 9.99.